The van der Waals surface area contributed by atoms with Gasteiger partial charge in [-0.25, -0.2) is 0 Å². The summed E-state index contributed by atoms with van der Waals surface area (Å²) in [5.41, 5.74) is -0.775. The Bertz CT molecular complexity index is 364. The van der Waals surface area contributed by atoms with Gasteiger partial charge in [-0.3, -0.25) is 4.79 Å². The van der Waals surface area contributed by atoms with Crippen molar-refractivity contribution >= 4 is 11.6 Å². The molecule has 68 valence electrons. The zero-order valence-corrected chi connectivity index (χ0v) is 6.82. The van der Waals surface area contributed by atoms with E-state index < -0.39 is 18.1 Å². The van der Waals surface area contributed by atoms with Crippen LogP contribution in [0.25, 0.3) is 0 Å². The van der Waals surface area contributed by atoms with E-state index in [1.54, 1.807) is 24.3 Å². The average Bonchev–Trinajstić information content (AvgIpc) is 2.41. The molecule has 0 saturated heterocycles. The molecule has 0 radical (unpaired) electrons. The van der Waals surface area contributed by atoms with Crippen molar-refractivity contribution in [3.63, 3.8) is 0 Å². The maximum atomic E-state index is 11.3. The molecule has 0 saturated carbocycles. The zero-order chi connectivity index (χ0) is 9.47. The number of hydrogen-bond acceptors (Lipinski definition) is 3. The van der Waals surface area contributed by atoms with Crippen LogP contribution >= 0.6 is 0 Å². The highest BCUT2D eigenvalue weighted by atomic mass is 16.3. The molecular formula is C9H9NO3. The molecule has 0 spiro atoms. The van der Waals surface area contributed by atoms with Crippen LogP contribution in [-0.4, -0.2) is 22.7 Å². The zero-order valence-electron chi connectivity index (χ0n) is 6.82. The predicted octanol–water partition coefficient (Wildman–Crippen LogP) is -0.181. The fourth-order valence-electron chi connectivity index (χ4n) is 1.46. The van der Waals surface area contributed by atoms with Crippen LogP contribution in [0.5, 0.6) is 0 Å². The van der Waals surface area contributed by atoms with E-state index in [0.717, 1.165) is 0 Å². The number of amides is 1. The van der Waals surface area contributed by atoms with E-state index in [1.165, 1.54) is 0 Å². The van der Waals surface area contributed by atoms with Gasteiger partial charge in [-0.15, -0.1) is 0 Å². The van der Waals surface area contributed by atoms with Crippen molar-refractivity contribution in [2.24, 2.45) is 0 Å². The first-order valence-corrected chi connectivity index (χ1v) is 3.92. The number of aliphatic hydroxyl groups excluding tert-OH is 1. The van der Waals surface area contributed by atoms with Gasteiger partial charge in [-0.2, -0.15) is 0 Å². The Morgan fingerprint density at radius 2 is 2.08 bits per heavy atom. The molecule has 4 nitrogen and oxygen atoms in total. The molecule has 13 heavy (non-hydrogen) atoms. The van der Waals surface area contributed by atoms with E-state index in [9.17, 15) is 9.90 Å². The minimum absolute atomic E-state index is 0.433. The molecule has 4 heteroatoms. The smallest absolute Gasteiger partial charge is 0.263 e. The summed E-state index contributed by atoms with van der Waals surface area (Å²) in [5.74, 6) is -0.573. The summed E-state index contributed by atoms with van der Waals surface area (Å²) in [6.07, 6.45) is 0. The van der Waals surface area contributed by atoms with Gasteiger partial charge in [0.15, 0.2) is 5.60 Å². The number of anilines is 1. The van der Waals surface area contributed by atoms with Crippen LogP contribution in [-0.2, 0) is 10.4 Å². The van der Waals surface area contributed by atoms with Crippen LogP contribution in [0, 0.1) is 0 Å². The summed E-state index contributed by atoms with van der Waals surface area (Å²) in [6.45, 7) is -0.601. The van der Waals surface area contributed by atoms with Crippen LogP contribution in [0.1, 0.15) is 5.56 Å². The van der Waals surface area contributed by atoms with E-state index >= 15 is 0 Å². The molecule has 3 N–H and O–H groups in total. The number of rotatable bonds is 1. The monoisotopic (exact) mass is 179 g/mol. The standard InChI is InChI=1S/C9H9NO3/c11-5-9(13)6-3-1-2-4-7(6)10-8(9)12/h1-4,11,13H,5H2,(H,10,12). The molecule has 2 rings (SSSR count). The number of fused-ring (bicyclic) bond motifs is 1. The minimum Gasteiger partial charge on any atom is -0.392 e. The molecule has 1 aromatic carbocycles. The number of aliphatic hydroxyl groups is 2. The van der Waals surface area contributed by atoms with Gasteiger partial charge in [0.25, 0.3) is 5.91 Å². The highest BCUT2D eigenvalue weighted by molar-refractivity contribution is 6.04. The van der Waals surface area contributed by atoms with Crippen LogP contribution < -0.4 is 5.32 Å². The summed E-state index contributed by atoms with van der Waals surface area (Å²) in [6, 6.07) is 6.76. The first-order valence-electron chi connectivity index (χ1n) is 3.92. The number of benzene rings is 1. The Kier molecular flexibility index (Phi) is 1.61. The molecule has 1 heterocycles. The van der Waals surface area contributed by atoms with Gasteiger partial charge in [0.2, 0.25) is 0 Å². The van der Waals surface area contributed by atoms with Gasteiger partial charge < -0.3 is 15.5 Å². The normalized spacial score (nSPS) is 25.5. The van der Waals surface area contributed by atoms with Crippen LogP contribution in [0.15, 0.2) is 24.3 Å². The van der Waals surface area contributed by atoms with Crippen molar-refractivity contribution in [3.05, 3.63) is 29.8 Å². The maximum absolute atomic E-state index is 11.3. The lowest BCUT2D eigenvalue weighted by Crippen LogP contribution is -2.37. The van der Waals surface area contributed by atoms with Crippen LogP contribution in [0.3, 0.4) is 0 Å². The molecule has 1 aliphatic rings. The molecule has 0 bridgehead atoms. The second-order valence-electron chi connectivity index (χ2n) is 3.02. The summed E-state index contributed by atoms with van der Waals surface area (Å²) >= 11 is 0. The molecule has 1 atom stereocenters. The lowest BCUT2D eigenvalue weighted by atomic mass is 9.97. The molecule has 0 aromatic heterocycles. The molecule has 0 aliphatic carbocycles. The summed E-state index contributed by atoms with van der Waals surface area (Å²) in [4.78, 5) is 11.3. The topological polar surface area (TPSA) is 69.6 Å². The van der Waals surface area contributed by atoms with Crippen molar-refractivity contribution < 1.29 is 15.0 Å². The van der Waals surface area contributed by atoms with Crippen molar-refractivity contribution in [2.75, 3.05) is 11.9 Å². The van der Waals surface area contributed by atoms with E-state index in [4.69, 9.17) is 5.11 Å². The van der Waals surface area contributed by atoms with Crippen molar-refractivity contribution in [1.29, 1.82) is 0 Å². The molecule has 0 fully saturated rings. The SMILES string of the molecule is O=C1Nc2ccccc2C1(O)CO. The number of carbonyl (C=O) groups excluding carboxylic acids is 1. The molecule has 1 unspecified atom stereocenters. The summed E-state index contributed by atoms with van der Waals surface area (Å²) < 4.78 is 0. The number of carbonyl (C=O) groups is 1. The lowest BCUT2D eigenvalue weighted by molar-refractivity contribution is -0.137. The number of para-hydroxylation sites is 1. The third-order valence-electron chi connectivity index (χ3n) is 2.23. The second-order valence-corrected chi connectivity index (χ2v) is 3.02. The fraction of sp³-hybridized carbons (Fsp3) is 0.222. The van der Waals surface area contributed by atoms with Gasteiger partial charge in [-0.05, 0) is 6.07 Å². The molecule has 1 aliphatic heterocycles. The van der Waals surface area contributed by atoms with Crippen molar-refractivity contribution in [1.82, 2.24) is 0 Å². The predicted molar refractivity (Wildman–Crippen MR) is 46.1 cm³/mol. The fourth-order valence-corrected chi connectivity index (χ4v) is 1.46. The highest BCUT2D eigenvalue weighted by Gasteiger charge is 2.44. The van der Waals surface area contributed by atoms with Gasteiger partial charge in [0.1, 0.15) is 0 Å². The first-order chi connectivity index (χ1) is 6.18. The first kappa shape index (κ1) is 8.22. The van der Waals surface area contributed by atoms with Gasteiger partial charge in [0, 0.05) is 11.3 Å². The Morgan fingerprint density at radius 3 is 2.77 bits per heavy atom. The second kappa shape index (κ2) is 2.55. The Labute approximate surface area is 74.8 Å². The Balaban J connectivity index is 2.59. The van der Waals surface area contributed by atoms with Gasteiger partial charge >= 0.3 is 0 Å². The van der Waals surface area contributed by atoms with Gasteiger partial charge in [-0.1, -0.05) is 18.2 Å². The summed E-state index contributed by atoms with van der Waals surface area (Å²) in [5, 5.41) is 21.2. The largest absolute Gasteiger partial charge is 0.392 e. The van der Waals surface area contributed by atoms with Crippen LogP contribution in [0.4, 0.5) is 5.69 Å². The Morgan fingerprint density at radius 1 is 1.38 bits per heavy atom. The number of nitrogens with one attached hydrogen (secondary N) is 1. The molecular weight excluding hydrogens is 170 g/mol. The minimum atomic E-state index is -1.77. The van der Waals surface area contributed by atoms with E-state index in [0.29, 0.717) is 11.3 Å². The lowest BCUT2D eigenvalue weighted by Gasteiger charge is -2.16. The quantitative estimate of drug-likeness (QED) is 0.560. The van der Waals surface area contributed by atoms with Gasteiger partial charge in [0.05, 0.1) is 6.61 Å². The Hall–Kier alpha value is -1.39. The third-order valence-corrected chi connectivity index (χ3v) is 2.23. The van der Waals surface area contributed by atoms with Crippen LogP contribution in [0.2, 0.25) is 0 Å². The molecule has 1 amide bonds. The molecule has 1 aromatic rings. The number of hydrogen-bond donors (Lipinski definition) is 3. The van der Waals surface area contributed by atoms with Crippen molar-refractivity contribution in [2.45, 2.75) is 5.60 Å². The highest BCUT2D eigenvalue weighted by Crippen LogP contribution is 2.34. The third kappa shape index (κ3) is 0.961. The average molecular weight is 179 g/mol. The maximum Gasteiger partial charge on any atom is 0.263 e. The van der Waals surface area contributed by atoms with Crippen molar-refractivity contribution in [3.8, 4) is 0 Å². The van der Waals surface area contributed by atoms with E-state index in [-0.39, 0.29) is 0 Å². The summed E-state index contributed by atoms with van der Waals surface area (Å²) in [7, 11) is 0. The van der Waals surface area contributed by atoms with E-state index in [2.05, 4.69) is 5.32 Å². The van der Waals surface area contributed by atoms with E-state index in [1.807, 2.05) is 0 Å².